The highest BCUT2D eigenvalue weighted by molar-refractivity contribution is 5.79. The first-order chi connectivity index (χ1) is 14.3. The van der Waals surface area contributed by atoms with Crippen molar-refractivity contribution in [3.8, 4) is 0 Å². The molecule has 2 aromatic carbocycles. The lowest BCUT2D eigenvalue weighted by atomic mass is 10.1. The first-order valence-electron chi connectivity index (χ1n) is 9.78. The van der Waals surface area contributed by atoms with Crippen LogP contribution in [0.2, 0.25) is 0 Å². The molecule has 0 spiro atoms. The molecular weight excluding hydrogens is 395 g/mol. The van der Waals surface area contributed by atoms with E-state index >= 15 is 0 Å². The molecule has 30 heavy (non-hydrogen) atoms. The van der Waals surface area contributed by atoms with Crippen molar-refractivity contribution >= 4 is 11.8 Å². The fourth-order valence-electron chi connectivity index (χ4n) is 3.35. The standard InChI is InChI=1S/C22H24F3N3O2/c23-22(24,25)19-8-4-7-18(13-19)14-21(30)28-11-9-27(10-12-28)16-20(29)26-15-17-5-2-1-3-6-17/h1-8,13H,9-12,14-16H2,(H,26,29). The molecule has 0 atom stereocenters. The second-order valence-corrected chi connectivity index (χ2v) is 7.29. The maximum Gasteiger partial charge on any atom is 0.416 e. The number of carbonyl (C=O) groups excluding carboxylic acids is 2. The fraction of sp³-hybridized carbons (Fsp3) is 0.364. The second kappa shape index (κ2) is 9.75. The third-order valence-corrected chi connectivity index (χ3v) is 5.03. The summed E-state index contributed by atoms with van der Waals surface area (Å²) in [6, 6.07) is 14.5. The van der Waals surface area contributed by atoms with Crippen LogP contribution in [0.4, 0.5) is 13.2 Å². The number of rotatable bonds is 6. The van der Waals surface area contributed by atoms with E-state index in [0.717, 1.165) is 17.7 Å². The Morgan fingerprint density at radius 1 is 0.900 bits per heavy atom. The van der Waals surface area contributed by atoms with E-state index in [1.54, 1.807) is 4.90 Å². The van der Waals surface area contributed by atoms with Gasteiger partial charge < -0.3 is 10.2 Å². The topological polar surface area (TPSA) is 52.7 Å². The zero-order valence-corrected chi connectivity index (χ0v) is 16.5. The largest absolute Gasteiger partial charge is 0.416 e. The van der Waals surface area contributed by atoms with Gasteiger partial charge >= 0.3 is 6.18 Å². The smallest absolute Gasteiger partial charge is 0.351 e. The van der Waals surface area contributed by atoms with Crippen LogP contribution >= 0.6 is 0 Å². The summed E-state index contributed by atoms with van der Waals surface area (Å²) in [6.45, 7) is 2.71. The highest BCUT2D eigenvalue weighted by atomic mass is 19.4. The van der Waals surface area contributed by atoms with E-state index in [0.29, 0.717) is 38.3 Å². The number of hydrogen-bond donors (Lipinski definition) is 1. The predicted molar refractivity (Wildman–Crippen MR) is 106 cm³/mol. The Kier molecular flexibility index (Phi) is 7.10. The highest BCUT2D eigenvalue weighted by Gasteiger charge is 2.30. The van der Waals surface area contributed by atoms with Gasteiger partial charge in [-0.2, -0.15) is 13.2 Å². The number of benzene rings is 2. The van der Waals surface area contributed by atoms with Crippen LogP contribution in [0.1, 0.15) is 16.7 Å². The molecule has 0 saturated carbocycles. The third-order valence-electron chi connectivity index (χ3n) is 5.03. The maximum absolute atomic E-state index is 12.8. The molecule has 8 heteroatoms. The number of nitrogens with one attached hydrogen (secondary N) is 1. The normalized spacial score (nSPS) is 15.1. The summed E-state index contributed by atoms with van der Waals surface area (Å²) in [6.07, 6.45) is -4.49. The Hall–Kier alpha value is -2.87. The summed E-state index contributed by atoms with van der Waals surface area (Å²) in [5.74, 6) is -0.287. The van der Waals surface area contributed by atoms with Crippen LogP contribution in [0.15, 0.2) is 54.6 Å². The molecule has 1 N–H and O–H groups in total. The Balaban J connectivity index is 1.42. The van der Waals surface area contributed by atoms with Crippen molar-refractivity contribution in [3.63, 3.8) is 0 Å². The molecule has 1 aliphatic rings. The minimum atomic E-state index is -4.42. The maximum atomic E-state index is 12.8. The Bertz CT molecular complexity index is 863. The average molecular weight is 419 g/mol. The van der Waals surface area contributed by atoms with E-state index in [4.69, 9.17) is 0 Å². The van der Waals surface area contributed by atoms with Crippen LogP contribution in [0.25, 0.3) is 0 Å². The van der Waals surface area contributed by atoms with Crippen LogP contribution in [-0.2, 0) is 28.7 Å². The highest BCUT2D eigenvalue weighted by Crippen LogP contribution is 2.29. The van der Waals surface area contributed by atoms with Crippen molar-refractivity contribution in [2.24, 2.45) is 0 Å². The van der Waals surface area contributed by atoms with Gasteiger partial charge in [0.25, 0.3) is 0 Å². The van der Waals surface area contributed by atoms with Crippen molar-refractivity contribution in [2.45, 2.75) is 19.1 Å². The molecular formula is C22H24F3N3O2. The number of amides is 2. The van der Waals surface area contributed by atoms with E-state index in [2.05, 4.69) is 5.32 Å². The molecule has 5 nitrogen and oxygen atoms in total. The number of piperazine rings is 1. The van der Waals surface area contributed by atoms with E-state index in [-0.39, 0.29) is 24.8 Å². The average Bonchev–Trinajstić information content (AvgIpc) is 2.73. The molecule has 1 aliphatic heterocycles. The third kappa shape index (κ3) is 6.32. The molecule has 1 fully saturated rings. The molecule has 1 saturated heterocycles. The van der Waals surface area contributed by atoms with E-state index in [9.17, 15) is 22.8 Å². The fourth-order valence-corrected chi connectivity index (χ4v) is 3.35. The molecule has 0 unspecified atom stereocenters. The van der Waals surface area contributed by atoms with Gasteiger partial charge in [-0.3, -0.25) is 14.5 Å². The van der Waals surface area contributed by atoms with Gasteiger partial charge in [0.05, 0.1) is 18.5 Å². The van der Waals surface area contributed by atoms with E-state index in [1.807, 2.05) is 35.2 Å². The van der Waals surface area contributed by atoms with Gasteiger partial charge in [-0.25, -0.2) is 0 Å². The molecule has 1 heterocycles. The van der Waals surface area contributed by atoms with Crippen LogP contribution in [0.5, 0.6) is 0 Å². The van der Waals surface area contributed by atoms with Gasteiger partial charge in [0.1, 0.15) is 0 Å². The summed E-state index contributed by atoms with van der Waals surface area (Å²) >= 11 is 0. The second-order valence-electron chi connectivity index (χ2n) is 7.29. The number of alkyl halides is 3. The first kappa shape index (κ1) is 21.8. The minimum absolute atomic E-state index is 0.0680. The summed E-state index contributed by atoms with van der Waals surface area (Å²) in [5, 5.41) is 2.88. The van der Waals surface area contributed by atoms with Gasteiger partial charge in [-0.05, 0) is 17.2 Å². The lowest BCUT2D eigenvalue weighted by Crippen LogP contribution is -2.51. The zero-order valence-electron chi connectivity index (χ0n) is 16.5. The summed E-state index contributed by atoms with van der Waals surface area (Å²) < 4.78 is 38.5. The van der Waals surface area contributed by atoms with Crippen LogP contribution in [0.3, 0.4) is 0 Å². The van der Waals surface area contributed by atoms with Crippen LogP contribution < -0.4 is 5.32 Å². The van der Waals surface area contributed by atoms with Crippen LogP contribution in [0, 0.1) is 0 Å². The Morgan fingerprint density at radius 3 is 2.23 bits per heavy atom. The van der Waals surface area contributed by atoms with Gasteiger partial charge in [-0.15, -0.1) is 0 Å². The van der Waals surface area contributed by atoms with Crippen LogP contribution in [-0.4, -0.2) is 54.3 Å². The quantitative estimate of drug-likeness (QED) is 0.784. The van der Waals surface area contributed by atoms with Gasteiger partial charge in [0.15, 0.2) is 0 Å². The predicted octanol–water partition coefficient (Wildman–Crippen LogP) is 2.71. The first-order valence-corrected chi connectivity index (χ1v) is 9.78. The molecule has 0 aromatic heterocycles. The number of halogens is 3. The number of carbonyl (C=O) groups is 2. The Morgan fingerprint density at radius 2 is 1.57 bits per heavy atom. The summed E-state index contributed by atoms with van der Waals surface area (Å²) in [7, 11) is 0. The molecule has 2 aromatic rings. The van der Waals surface area contributed by atoms with E-state index < -0.39 is 11.7 Å². The van der Waals surface area contributed by atoms with Crippen molar-refractivity contribution in [3.05, 3.63) is 71.3 Å². The molecule has 0 bridgehead atoms. The SMILES string of the molecule is O=C(CN1CCN(C(=O)Cc2cccc(C(F)(F)F)c2)CC1)NCc1ccccc1. The monoisotopic (exact) mass is 419 g/mol. The Labute approximate surface area is 173 Å². The number of nitrogens with zero attached hydrogens (tertiary/aromatic N) is 2. The van der Waals surface area contributed by atoms with Crippen molar-refractivity contribution in [1.29, 1.82) is 0 Å². The van der Waals surface area contributed by atoms with E-state index in [1.165, 1.54) is 12.1 Å². The summed E-state index contributed by atoms with van der Waals surface area (Å²) in [4.78, 5) is 28.2. The van der Waals surface area contributed by atoms with Crippen molar-refractivity contribution in [1.82, 2.24) is 15.1 Å². The van der Waals surface area contributed by atoms with Gasteiger partial charge in [-0.1, -0.05) is 48.5 Å². The molecule has 0 aliphatic carbocycles. The zero-order chi connectivity index (χ0) is 21.6. The lowest BCUT2D eigenvalue weighted by molar-refractivity contribution is -0.138. The lowest BCUT2D eigenvalue weighted by Gasteiger charge is -2.34. The molecule has 2 amide bonds. The molecule has 3 rings (SSSR count). The number of hydrogen-bond acceptors (Lipinski definition) is 3. The van der Waals surface area contributed by atoms with Gasteiger partial charge in [0.2, 0.25) is 11.8 Å². The molecule has 0 radical (unpaired) electrons. The minimum Gasteiger partial charge on any atom is -0.351 e. The molecule has 160 valence electrons. The van der Waals surface area contributed by atoms with Crippen molar-refractivity contribution in [2.75, 3.05) is 32.7 Å². The summed E-state index contributed by atoms with van der Waals surface area (Å²) in [5.41, 5.74) is 0.618. The van der Waals surface area contributed by atoms with Crippen molar-refractivity contribution < 1.29 is 22.8 Å². The van der Waals surface area contributed by atoms with Gasteiger partial charge in [0, 0.05) is 32.7 Å².